The zero-order valence-corrected chi connectivity index (χ0v) is 13.3. The maximum absolute atomic E-state index is 12.5. The van der Waals surface area contributed by atoms with E-state index in [1.807, 2.05) is 0 Å². The van der Waals surface area contributed by atoms with E-state index in [-0.39, 0.29) is 22.7 Å². The Morgan fingerprint density at radius 2 is 2.29 bits per heavy atom. The Morgan fingerprint density at radius 1 is 1.50 bits per heavy atom. The maximum atomic E-state index is 12.5. The third-order valence-corrected chi connectivity index (χ3v) is 4.36. The van der Waals surface area contributed by atoms with Gasteiger partial charge in [0.15, 0.2) is 5.69 Å². The largest absolute Gasteiger partial charge is 0.337 e. The van der Waals surface area contributed by atoms with Crippen molar-refractivity contribution < 1.29 is 9.72 Å². The summed E-state index contributed by atoms with van der Waals surface area (Å²) in [6.07, 6.45) is 2.34. The highest BCUT2D eigenvalue weighted by atomic mass is 16.6. The summed E-state index contributed by atoms with van der Waals surface area (Å²) in [5, 5.41) is 18.7. The van der Waals surface area contributed by atoms with E-state index in [2.05, 4.69) is 17.2 Å². The van der Waals surface area contributed by atoms with Crippen molar-refractivity contribution in [2.75, 3.05) is 19.6 Å². The maximum Gasteiger partial charge on any atom is 0.276 e. The van der Waals surface area contributed by atoms with Gasteiger partial charge in [0.2, 0.25) is 0 Å². The monoisotopic (exact) mass is 330 g/mol. The van der Waals surface area contributed by atoms with E-state index in [4.69, 9.17) is 5.73 Å². The van der Waals surface area contributed by atoms with Gasteiger partial charge in [0, 0.05) is 25.2 Å². The first-order chi connectivity index (χ1) is 11.4. The lowest BCUT2D eigenvalue weighted by molar-refractivity contribution is -0.384. The third kappa shape index (κ3) is 2.98. The van der Waals surface area contributed by atoms with Crippen molar-refractivity contribution in [1.82, 2.24) is 19.9 Å². The molecule has 0 radical (unpaired) electrons. The van der Waals surface area contributed by atoms with Gasteiger partial charge in [0.05, 0.1) is 16.8 Å². The molecule has 0 bridgehead atoms. The number of nitro benzene ring substituents is 1. The predicted molar refractivity (Wildman–Crippen MR) is 85.7 cm³/mol. The molecule has 24 heavy (non-hydrogen) atoms. The molecule has 1 amide bonds. The quantitative estimate of drug-likeness (QED) is 0.659. The second-order valence-electron chi connectivity index (χ2n) is 6.32. The second kappa shape index (κ2) is 6.00. The summed E-state index contributed by atoms with van der Waals surface area (Å²) in [5.74, 6) is -0.205. The lowest BCUT2D eigenvalue weighted by Gasteiger charge is -2.21. The minimum absolute atomic E-state index is 0.0471. The molecular formula is C15H18N6O3. The number of nitro groups is 1. The third-order valence-electron chi connectivity index (χ3n) is 4.36. The van der Waals surface area contributed by atoms with Crippen LogP contribution in [0.1, 0.15) is 23.8 Å². The first-order valence-electron chi connectivity index (χ1n) is 7.58. The minimum atomic E-state index is -0.482. The molecule has 1 fully saturated rings. The highest BCUT2D eigenvalue weighted by Gasteiger charge is 2.36. The smallest absolute Gasteiger partial charge is 0.276 e. The van der Waals surface area contributed by atoms with Crippen LogP contribution in [0.25, 0.3) is 5.69 Å². The van der Waals surface area contributed by atoms with Gasteiger partial charge >= 0.3 is 0 Å². The highest BCUT2D eigenvalue weighted by Crippen LogP contribution is 2.29. The van der Waals surface area contributed by atoms with Crippen molar-refractivity contribution in [2.45, 2.75) is 13.3 Å². The summed E-state index contributed by atoms with van der Waals surface area (Å²) in [7, 11) is 0. The lowest BCUT2D eigenvalue weighted by atomic mass is 9.90. The molecule has 1 saturated heterocycles. The Morgan fingerprint density at radius 3 is 2.96 bits per heavy atom. The molecule has 0 aliphatic carbocycles. The molecule has 126 valence electrons. The number of non-ortho nitro benzene ring substituents is 1. The van der Waals surface area contributed by atoms with Crippen molar-refractivity contribution >= 4 is 11.6 Å². The summed E-state index contributed by atoms with van der Waals surface area (Å²) in [6.45, 7) is 3.81. The Bertz CT molecular complexity index is 789. The van der Waals surface area contributed by atoms with Crippen LogP contribution in [0.5, 0.6) is 0 Å². The Hall–Kier alpha value is -2.81. The van der Waals surface area contributed by atoms with Gasteiger partial charge in [0.25, 0.3) is 11.6 Å². The van der Waals surface area contributed by atoms with E-state index in [9.17, 15) is 14.9 Å². The van der Waals surface area contributed by atoms with Crippen LogP contribution in [0.4, 0.5) is 5.69 Å². The summed E-state index contributed by atoms with van der Waals surface area (Å²) in [4.78, 5) is 24.6. The zero-order valence-electron chi connectivity index (χ0n) is 13.3. The summed E-state index contributed by atoms with van der Waals surface area (Å²) >= 11 is 0. The second-order valence-corrected chi connectivity index (χ2v) is 6.32. The summed E-state index contributed by atoms with van der Waals surface area (Å²) < 4.78 is 1.36. The van der Waals surface area contributed by atoms with Gasteiger partial charge in [-0.3, -0.25) is 14.9 Å². The van der Waals surface area contributed by atoms with Crippen LogP contribution in [0.15, 0.2) is 30.5 Å². The van der Waals surface area contributed by atoms with Gasteiger partial charge in [-0.05, 0) is 24.4 Å². The van der Waals surface area contributed by atoms with Crippen molar-refractivity contribution in [1.29, 1.82) is 0 Å². The fourth-order valence-corrected chi connectivity index (χ4v) is 2.76. The van der Waals surface area contributed by atoms with Gasteiger partial charge in [0.1, 0.15) is 0 Å². The Labute approximate surface area is 138 Å². The molecule has 1 aromatic carbocycles. The van der Waals surface area contributed by atoms with Gasteiger partial charge in [-0.2, -0.15) is 0 Å². The SMILES string of the molecule is CC1(CN)CCN(C(=O)c2cn(-c3cccc([N+](=O)[O-])c3)nn2)C1. The molecule has 9 nitrogen and oxygen atoms in total. The molecule has 1 aliphatic heterocycles. The topological polar surface area (TPSA) is 120 Å². The molecule has 1 unspecified atom stereocenters. The number of aromatic nitrogens is 3. The normalized spacial score (nSPS) is 20.3. The summed E-state index contributed by atoms with van der Waals surface area (Å²) in [6, 6.07) is 6.00. The molecule has 3 rings (SSSR count). The zero-order chi connectivity index (χ0) is 17.3. The fraction of sp³-hybridized carbons (Fsp3) is 0.400. The molecule has 0 spiro atoms. The Balaban J connectivity index is 1.80. The lowest BCUT2D eigenvalue weighted by Crippen LogP contribution is -2.34. The molecular weight excluding hydrogens is 312 g/mol. The molecule has 2 N–H and O–H groups in total. The number of carbonyl (C=O) groups excluding carboxylic acids is 1. The number of nitrogens with two attached hydrogens (primary N) is 1. The number of hydrogen-bond acceptors (Lipinski definition) is 6. The first kappa shape index (κ1) is 16.1. The van der Waals surface area contributed by atoms with Crippen molar-refractivity contribution in [3.8, 4) is 5.69 Å². The predicted octanol–water partition coefficient (Wildman–Crippen LogP) is 0.986. The van der Waals surface area contributed by atoms with E-state index >= 15 is 0 Å². The molecule has 1 aliphatic rings. The van der Waals surface area contributed by atoms with Crippen LogP contribution < -0.4 is 5.73 Å². The van der Waals surface area contributed by atoms with Crippen LogP contribution in [0.3, 0.4) is 0 Å². The number of likely N-dealkylation sites (tertiary alicyclic amines) is 1. The highest BCUT2D eigenvalue weighted by molar-refractivity contribution is 5.92. The van der Waals surface area contributed by atoms with Crippen molar-refractivity contribution in [3.05, 3.63) is 46.3 Å². The standard InChI is InChI=1S/C15H18N6O3/c1-15(9-16)5-6-19(10-15)14(22)13-8-20(18-17-13)11-3-2-4-12(7-11)21(23)24/h2-4,7-8H,5-6,9-10,16H2,1H3. The van der Waals surface area contributed by atoms with Gasteiger partial charge in [-0.25, -0.2) is 4.68 Å². The van der Waals surface area contributed by atoms with E-state index in [1.54, 1.807) is 17.0 Å². The average molecular weight is 330 g/mol. The average Bonchev–Trinajstić information content (AvgIpc) is 3.22. The number of benzene rings is 1. The van der Waals surface area contributed by atoms with E-state index in [0.717, 1.165) is 6.42 Å². The number of nitrogens with zero attached hydrogens (tertiary/aromatic N) is 5. The van der Waals surface area contributed by atoms with Crippen LogP contribution >= 0.6 is 0 Å². The van der Waals surface area contributed by atoms with Crippen LogP contribution in [0.2, 0.25) is 0 Å². The van der Waals surface area contributed by atoms with Crippen LogP contribution in [0, 0.1) is 15.5 Å². The van der Waals surface area contributed by atoms with E-state index in [1.165, 1.54) is 23.0 Å². The molecule has 1 aromatic heterocycles. The number of carbonyl (C=O) groups is 1. The van der Waals surface area contributed by atoms with Gasteiger partial charge in [-0.1, -0.05) is 18.2 Å². The van der Waals surface area contributed by atoms with Gasteiger partial charge in [-0.15, -0.1) is 5.10 Å². The van der Waals surface area contributed by atoms with Crippen molar-refractivity contribution in [2.24, 2.45) is 11.1 Å². The Kier molecular flexibility index (Phi) is 4.02. The van der Waals surface area contributed by atoms with E-state index in [0.29, 0.717) is 25.3 Å². The first-order valence-corrected chi connectivity index (χ1v) is 7.58. The van der Waals surface area contributed by atoms with Crippen LogP contribution in [-0.4, -0.2) is 50.4 Å². The van der Waals surface area contributed by atoms with Gasteiger partial charge < -0.3 is 10.6 Å². The number of rotatable bonds is 4. The molecule has 1 atom stereocenters. The molecule has 0 saturated carbocycles. The number of hydrogen-bond donors (Lipinski definition) is 1. The van der Waals surface area contributed by atoms with E-state index < -0.39 is 4.92 Å². The number of amides is 1. The van der Waals surface area contributed by atoms with Crippen LogP contribution in [-0.2, 0) is 0 Å². The molecule has 2 aromatic rings. The summed E-state index contributed by atoms with van der Waals surface area (Å²) in [5.41, 5.74) is 6.34. The fourth-order valence-electron chi connectivity index (χ4n) is 2.76. The molecule has 9 heteroatoms. The molecule has 2 heterocycles. The van der Waals surface area contributed by atoms with Crippen molar-refractivity contribution in [3.63, 3.8) is 0 Å². The minimum Gasteiger partial charge on any atom is -0.337 e.